The second kappa shape index (κ2) is 5.49. The Morgan fingerprint density at radius 3 is 2.50 bits per heavy atom. The van der Waals surface area contributed by atoms with E-state index in [4.69, 9.17) is 5.11 Å². The Hall–Kier alpha value is -1.58. The SMILES string of the molecule is CCN(CC)C(=O)Cc1ccc(F)c(O)c1. The minimum Gasteiger partial charge on any atom is -0.505 e. The maximum absolute atomic E-state index is 12.8. The topological polar surface area (TPSA) is 40.5 Å². The number of carbonyl (C=O) groups is 1. The van der Waals surface area contributed by atoms with Crippen molar-refractivity contribution in [3.8, 4) is 5.75 Å². The quantitative estimate of drug-likeness (QED) is 0.850. The average Bonchev–Trinajstić information content (AvgIpc) is 2.25. The second-order valence-electron chi connectivity index (χ2n) is 3.53. The average molecular weight is 225 g/mol. The highest BCUT2D eigenvalue weighted by atomic mass is 19.1. The normalized spacial score (nSPS) is 10.2. The zero-order valence-electron chi connectivity index (χ0n) is 9.53. The lowest BCUT2D eigenvalue weighted by molar-refractivity contribution is -0.130. The van der Waals surface area contributed by atoms with Gasteiger partial charge in [0.1, 0.15) is 0 Å². The molecule has 0 atom stereocenters. The van der Waals surface area contributed by atoms with E-state index in [2.05, 4.69) is 0 Å². The molecule has 0 aliphatic rings. The molecule has 1 rings (SSSR count). The minimum absolute atomic E-state index is 0.0176. The summed E-state index contributed by atoms with van der Waals surface area (Å²) in [5.74, 6) is -1.10. The van der Waals surface area contributed by atoms with Gasteiger partial charge >= 0.3 is 0 Å². The van der Waals surface area contributed by atoms with Gasteiger partial charge < -0.3 is 10.0 Å². The lowest BCUT2D eigenvalue weighted by Crippen LogP contribution is -2.31. The molecule has 1 N–H and O–H groups in total. The van der Waals surface area contributed by atoms with Crippen LogP contribution in [0.25, 0.3) is 0 Å². The van der Waals surface area contributed by atoms with Crippen molar-refractivity contribution in [1.82, 2.24) is 4.90 Å². The van der Waals surface area contributed by atoms with Crippen LogP contribution >= 0.6 is 0 Å². The summed E-state index contributed by atoms with van der Waals surface area (Å²) in [5, 5.41) is 9.17. The van der Waals surface area contributed by atoms with Gasteiger partial charge in [0.15, 0.2) is 11.6 Å². The summed E-state index contributed by atoms with van der Waals surface area (Å²) in [5.41, 5.74) is 0.621. The van der Waals surface area contributed by atoms with Crippen LogP contribution in [-0.4, -0.2) is 29.0 Å². The second-order valence-corrected chi connectivity index (χ2v) is 3.53. The maximum Gasteiger partial charge on any atom is 0.226 e. The molecule has 3 nitrogen and oxygen atoms in total. The summed E-state index contributed by atoms with van der Waals surface area (Å²) in [6, 6.07) is 3.97. The van der Waals surface area contributed by atoms with Crippen LogP contribution in [0.15, 0.2) is 18.2 Å². The molecule has 0 radical (unpaired) electrons. The molecule has 0 heterocycles. The zero-order valence-corrected chi connectivity index (χ0v) is 9.53. The monoisotopic (exact) mass is 225 g/mol. The fraction of sp³-hybridized carbons (Fsp3) is 0.417. The molecule has 1 aromatic rings. The molecule has 88 valence electrons. The van der Waals surface area contributed by atoms with Gasteiger partial charge in [-0.3, -0.25) is 4.79 Å². The van der Waals surface area contributed by atoms with Crippen molar-refractivity contribution in [2.24, 2.45) is 0 Å². The molecule has 0 bridgehead atoms. The molecule has 0 aromatic heterocycles. The van der Waals surface area contributed by atoms with E-state index in [9.17, 15) is 9.18 Å². The Morgan fingerprint density at radius 1 is 1.38 bits per heavy atom. The lowest BCUT2D eigenvalue weighted by atomic mass is 10.1. The molecule has 4 heteroatoms. The van der Waals surface area contributed by atoms with E-state index in [0.29, 0.717) is 18.7 Å². The largest absolute Gasteiger partial charge is 0.505 e. The Labute approximate surface area is 94.5 Å². The Bertz CT molecular complexity index is 375. The van der Waals surface area contributed by atoms with Crippen LogP contribution in [0.4, 0.5) is 4.39 Å². The molecule has 16 heavy (non-hydrogen) atoms. The van der Waals surface area contributed by atoms with Crippen LogP contribution in [-0.2, 0) is 11.2 Å². The number of likely N-dealkylation sites (N-methyl/N-ethyl adjacent to an activating group) is 1. The van der Waals surface area contributed by atoms with E-state index in [1.54, 1.807) is 4.90 Å². The summed E-state index contributed by atoms with van der Waals surface area (Å²) in [7, 11) is 0. The van der Waals surface area contributed by atoms with Crippen molar-refractivity contribution in [1.29, 1.82) is 0 Å². The molecule has 0 spiro atoms. The number of phenols is 1. The van der Waals surface area contributed by atoms with Crippen molar-refractivity contribution in [3.05, 3.63) is 29.6 Å². The van der Waals surface area contributed by atoms with E-state index < -0.39 is 11.6 Å². The van der Waals surface area contributed by atoms with Gasteiger partial charge in [-0.05, 0) is 31.5 Å². The van der Waals surface area contributed by atoms with Crippen LogP contribution in [0.3, 0.4) is 0 Å². The number of aromatic hydroxyl groups is 1. The molecule has 0 fully saturated rings. The number of hydrogen-bond acceptors (Lipinski definition) is 2. The first-order valence-corrected chi connectivity index (χ1v) is 5.33. The molecular weight excluding hydrogens is 209 g/mol. The summed E-state index contributed by atoms with van der Waals surface area (Å²) in [4.78, 5) is 13.4. The highest BCUT2D eigenvalue weighted by Gasteiger charge is 2.11. The molecule has 0 aliphatic carbocycles. The Kier molecular flexibility index (Phi) is 4.28. The van der Waals surface area contributed by atoms with Crippen LogP contribution in [0.1, 0.15) is 19.4 Å². The van der Waals surface area contributed by atoms with E-state index in [0.717, 1.165) is 0 Å². The molecule has 0 saturated heterocycles. The van der Waals surface area contributed by atoms with Gasteiger partial charge in [-0.1, -0.05) is 6.07 Å². The number of halogens is 1. The minimum atomic E-state index is -0.668. The van der Waals surface area contributed by atoms with Gasteiger partial charge in [0.2, 0.25) is 5.91 Å². The van der Waals surface area contributed by atoms with Crippen molar-refractivity contribution < 1.29 is 14.3 Å². The molecule has 0 unspecified atom stereocenters. The third kappa shape index (κ3) is 2.95. The van der Waals surface area contributed by atoms with E-state index in [1.165, 1.54) is 18.2 Å². The number of amides is 1. The number of phenolic OH excluding ortho intramolecular Hbond substituents is 1. The first-order valence-electron chi connectivity index (χ1n) is 5.33. The predicted molar refractivity (Wildman–Crippen MR) is 59.7 cm³/mol. The summed E-state index contributed by atoms with van der Waals surface area (Å²) < 4.78 is 12.8. The Morgan fingerprint density at radius 2 is 2.00 bits per heavy atom. The number of hydrogen-bond donors (Lipinski definition) is 1. The van der Waals surface area contributed by atoms with E-state index in [-0.39, 0.29) is 12.3 Å². The van der Waals surface area contributed by atoms with Crippen molar-refractivity contribution in [2.45, 2.75) is 20.3 Å². The van der Waals surface area contributed by atoms with Gasteiger partial charge in [0.25, 0.3) is 0 Å². The van der Waals surface area contributed by atoms with Crippen molar-refractivity contribution in [3.63, 3.8) is 0 Å². The smallest absolute Gasteiger partial charge is 0.226 e. The predicted octanol–water partition coefficient (Wildman–Crippen LogP) is 1.94. The van der Waals surface area contributed by atoms with Gasteiger partial charge in [0.05, 0.1) is 6.42 Å². The fourth-order valence-corrected chi connectivity index (χ4v) is 1.53. The molecule has 1 aromatic carbocycles. The number of benzene rings is 1. The highest BCUT2D eigenvalue weighted by Crippen LogP contribution is 2.17. The third-order valence-corrected chi connectivity index (χ3v) is 2.48. The van der Waals surface area contributed by atoms with Crippen LogP contribution < -0.4 is 0 Å². The summed E-state index contributed by atoms with van der Waals surface area (Å²) >= 11 is 0. The zero-order chi connectivity index (χ0) is 12.1. The molecule has 0 saturated carbocycles. The first kappa shape index (κ1) is 12.5. The number of rotatable bonds is 4. The van der Waals surface area contributed by atoms with Crippen LogP contribution in [0.2, 0.25) is 0 Å². The van der Waals surface area contributed by atoms with Gasteiger partial charge in [-0.2, -0.15) is 0 Å². The van der Waals surface area contributed by atoms with E-state index in [1.807, 2.05) is 13.8 Å². The number of carbonyl (C=O) groups excluding carboxylic acids is 1. The summed E-state index contributed by atoms with van der Waals surface area (Å²) in [6.45, 7) is 5.12. The maximum atomic E-state index is 12.8. The van der Waals surface area contributed by atoms with Gasteiger partial charge in [-0.25, -0.2) is 4.39 Å². The van der Waals surface area contributed by atoms with E-state index >= 15 is 0 Å². The molecular formula is C12H16FNO2. The standard InChI is InChI=1S/C12H16FNO2/c1-3-14(4-2)12(16)8-9-5-6-10(13)11(15)7-9/h5-7,15H,3-4,8H2,1-2H3. The molecule has 0 aliphatic heterocycles. The van der Waals surface area contributed by atoms with Gasteiger partial charge in [0, 0.05) is 13.1 Å². The number of nitrogens with zero attached hydrogens (tertiary/aromatic N) is 1. The van der Waals surface area contributed by atoms with Crippen molar-refractivity contribution in [2.75, 3.05) is 13.1 Å². The lowest BCUT2D eigenvalue weighted by Gasteiger charge is -2.18. The first-order chi connectivity index (χ1) is 7.58. The fourth-order valence-electron chi connectivity index (χ4n) is 1.53. The van der Waals surface area contributed by atoms with Crippen LogP contribution in [0.5, 0.6) is 5.75 Å². The van der Waals surface area contributed by atoms with Crippen LogP contribution in [0, 0.1) is 5.82 Å². The van der Waals surface area contributed by atoms with Crippen molar-refractivity contribution >= 4 is 5.91 Å². The Balaban J connectivity index is 2.73. The van der Waals surface area contributed by atoms with Gasteiger partial charge in [-0.15, -0.1) is 0 Å². The summed E-state index contributed by atoms with van der Waals surface area (Å²) in [6.07, 6.45) is 0.190. The third-order valence-electron chi connectivity index (χ3n) is 2.48. The molecule has 1 amide bonds. The highest BCUT2D eigenvalue weighted by molar-refractivity contribution is 5.78.